The van der Waals surface area contributed by atoms with E-state index in [2.05, 4.69) is 62.3 Å². The molecule has 2 aromatic rings. The van der Waals surface area contributed by atoms with Gasteiger partial charge in [0.15, 0.2) is 5.82 Å². The molecule has 2 unspecified atom stereocenters. The topological polar surface area (TPSA) is 70.5 Å². The summed E-state index contributed by atoms with van der Waals surface area (Å²) >= 11 is 4.64. The second-order valence-corrected chi connectivity index (χ2v) is 12.0. The molecule has 4 fully saturated rings. The van der Waals surface area contributed by atoms with Gasteiger partial charge in [0.2, 0.25) is 5.24 Å². The Morgan fingerprint density at radius 2 is 1.44 bits per heavy atom. The standard InChI is InChI=1S/C27H39N5O.C2H3ClO.C2H6.C2H2/c33-27-26(31-18-20-16-28-17-21(20)19-31)29-24-10-6-7-11-25(24)32(27)23-12-14-30(15-13-23)22-8-4-2-1-3-5-9-22;1-2(3)4;2*1-2/h6-7,10-11,20-23,28H,1-5,8-9,12-19H2;1H3;1-2H3;1-2H. The van der Waals surface area contributed by atoms with E-state index in [0.717, 1.165) is 69.2 Å². The zero-order chi connectivity index (χ0) is 29.8. The Kier molecular flexibility index (Phi) is 13.6. The minimum atomic E-state index is -0.361. The first kappa shape index (κ1) is 33.1. The second kappa shape index (κ2) is 16.9. The number of piperidine rings is 1. The quantitative estimate of drug-likeness (QED) is 0.361. The molecule has 1 aromatic heterocycles. The number of para-hydroxylation sites is 2. The number of hydrogen-bond acceptors (Lipinski definition) is 6. The van der Waals surface area contributed by atoms with E-state index in [0.29, 0.717) is 17.7 Å². The van der Waals surface area contributed by atoms with Crippen LogP contribution in [0.2, 0.25) is 0 Å². The first-order valence-corrected chi connectivity index (χ1v) is 16.1. The lowest BCUT2D eigenvalue weighted by molar-refractivity contribution is -0.109. The molecule has 0 amide bonds. The van der Waals surface area contributed by atoms with Crippen LogP contribution < -0.4 is 15.8 Å². The summed E-state index contributed by atoms with van der Waals surface area (Å²) in [5.74, 6) is 1.99. The highest BCUT2D eigenvalue weighted by Gasteiger charge is 2.38. The summed E-state index contributed by atoms with van der Waals surface area (Å²) in [7, 11) is 0. The molecule has 226 valence electrons. The predicted octanol–water partition coefficient (Wildman–Crippen LogP) is 5.85. The molecule has 0 spiro atoms. The van der Waals surface area contributed by atoms with E-state index >= 15 is 0 Å². The molecule has 3 saturated heterocycles. The Labute approximate surface area is 252 Å². The van der Waals surface area contributed by atoms with Gasteiger partial charge in [-0.25, -0.2) is 4.98 Å². The Hall–Kier alpha value is -2.40. The van der Waals surface area contributed by atoms with Crippen molar-refractivity contribution < 1.29 is 4.79 Å². The van der Waals surface area contributed by atoms with E-state index in [4.69, 9.17) is 4.98 Å². The lowest BCUT2D eigenvalue weighted by Crippen LogP contribution is -2.44. The van der Waals surface area contributed by atoms with Gasteiger partial charge < -0.3 is 19.7 Å². The van der Waals surface area contributed by atoms with E-state index in [1.807, 2.05) is 19.9 Å². The van der Waals surface area contributed by atoms with E-state index in [9.17, 15) is 9.59 Å². The van der Waals surface area contributed by atoms with Crippen LogP contribution >= 0.6 is 11.6 Å². The van der Waals surface area contributed by atoms with Crippen LogP contribution in [0.4, 0.5) is 5.82 Å². The molecule has 0 bridgehead atoms. The number of carbonyl (C=O) groups excluding carboxylic acids is 1. The van der Waals surface area contributed by atoms with Gasteiger partial charge >= 0.3 is 0 Å². The lowest BCUT2D eigenvalue weighted by Gasteiger charge is -2.39. The molecule has 1 N–H and O–H groups in total. The molecular formula is C33H50ClN5O2. The van der Waals surface area contributed by atoms with Crippen LogP contribution in [0.5, 0.6) is 0 Å². The SMILES string of the molecule is C#C.CC.CC(=O)Cl.O=c1c(N2CC3CNCC3C2)nc2ccccc2n1C1CCN(C2CCCCCCC2)CC1. The molecule has 1 aromatic carbocycles. The summed E-state index contributed by atoms with van der Waals surface area (Å²) in [6.07, 6.45) is 19.9. The van der Waals surface area contributed by atoms with Crippen molar-refractivity contribution >= 4 is 33.7 Å². The van der Waals surface area contributed by atoms with Gasteiger partial charge in [-0.1, -0.05) is 58.1 Å². The zero-order valence-corrected chi connectivity index (χ0v) is 26.1. The maximum atomic E-state index is 13.9. The molecule has 4 heterocycles. The largest absolute Gasteiger partial charge is 0.351 e. The van der Waals surface area contributed by atoms with Gasteiger partial charge in [0.25, 0.3) is 5.56 Å². The monoisotopic (exact) mass is 583 g/mol. The van der Waals surface area contributed by atoms with E-state index in [-0.39, 0.29) is 16.8 Å². The molecule has 41 heavy (non-hydrogen) atoms. The highest BCUT2D eigenvalue weighted by Crippen LogP contribution is 2.32. The van der Waals surface area contributed by atoms with Crippen molar-refractivity contribution in [1.82, 2.24) is 19.8 Å². The average molecular weight is 584 g/mol. The van der Waals surface area contributed by atoms with Crippen molar-refractivity contribution in [2.75, 3.05) is 44.2 Å². The minimum absolute atomic E-state index is 0.131. The van der Waals surface area contributed by atoms with Gasteiger partial charge in [0, 0.05) is 58.3 Å². The Morgan fingerprint density at radius 3 is 2.02 bits per heavy atom. The number of carbonyl (C=O) groups is 1. The fourth-order valence-corrected chi connectivity index (χ4v) is 7.05. The predicted molar refractivity (Wildman–Crippen MR) is 172 cm³/mol. The smallest absolute Gasteiger partial charge is 0.294 e. The molecule has 6 rings (SSSR count). The number of aromatic nitrogens is 2. The van der Waals surface area contributed by atoms with Crippen LogP contribution in [0.1, 0.15) is 84.6 Å². The Bertz CT molecular complexity index is 1150. The maximum Gasteiger partial charge on any atom is 0.294 e. The van der Waals surface area contributed by atoms with Crippen LogP contribution in [-0.2, 0) is 4.79 Å². The fraction of sp³-hybridized carbons (Fsp3) is 0.667. The number of terminal acetylenes is 1. The number of likely N-dealkylation sites (tertiary alicyclic amines) is 1. The molecular weight excluding hydrogens is 534 g/mol. The highest BCUT2D eigenvalue weighted by molar-refractivity contribution is 6.62. The first-order valence-electron chi connectivity index (χ1n) is 15.7. The van der Waals surface area contributed by atoms with Gasteiger partial charge in [-0.3, -0.25) is 9.59 Å². The number of fused-ring (bicyclic) bond motifs is 2. The van der Waals surface area contributed by atoms with Crippen LogP contribution in [-0.4, -0.2) is 65.0 Å². The van der Waals surface area contributed by atoms with Gasteiger partial charge in [-0.2, -0.15) is 0 Å². The average Bonchev–Trinajstić information content (AvgIpc) is 3.58. The van der Waals surface area contributed by atoms with Crippen LogP contribution in [0, 0.1) is 24.7 Å². The molecule has 7 nitrogen and oxygen atoms in total. The number of rotatable bonds is 3. The van der Waals surface area contributed by atoms with Crippen molar-refractivity contribution in [1.29, 1.82) is 0 Å². The number of hydrogen-bond donors (Lipinski definition) is 1. The molecule has 3 aliphatic heterocycles. The van der Waals surface area contributed by atoms with Crippen molar-refractivity contribution in [2.24, 2.45) is 11.8 Å². The number of benzene rings is 1. The Balaban J connectivity index is 0.000000525. The Morgan fingerprint density at radius 1 is 0.902 bits per heavy atom. The van der Waals surface area contributed by atoms with E-state index < -0.39 is 0 Å². The highest BCUT2D eigenvalue weighted by atomic mass is 35.5. The van der Waals surface area contributed by atoms with Crippen LogP contribution in [0.25, 0.3) is 11.0 Å². The third-order valence-corrected chi connectivity index (χ3v) is 8.92. The summed E-state index contributed by atoms with van der Waals surface area (Å²) in [6.45, 7) is 11.6. The molecule has 8 heteroatoms. The van der Waals surface area contributed by atoms with Crippen molar-refractivity contribution in [2.45, 2.75) is 90.6 Å². The third kappa shape index (κ3) is 8.56. The first-order chi connectivity index (χ1) is 20.0. The van der Waals surface area contributed by atoms with Crippen LogP contribution in [0.15, 0.2) is 29.1 Å². The number of anilines is 1. The summed E-state index contributed by atoms with van der Waals surface area (Å²) in [6, 6.07) is 9.31. The van der Waals surface area contributed by atoms with Crippen molar-refractivity contribution in [3.8, 4) is 12.8 Å². The summed E-state index contributed by atoms with van der Waals surface area (Å²) < 4.78 is 2.12. The van der Waals surface area contributed by atoms with Crippen LogP contribution in [0.3, 0.4) is 0 Å². The summed E-state index contributed by atoms with van der Waals surface area (Å²) in [5, 5.41) is 3.15. The molecule has 4 aliphatic rings. The lowest BCUT2D eigenvalue weighted by atomic mass is 9.93. The maximum absolute atomic E-state index is 13.9. The molecule has 2 atom stereocenters. The van der Waals surface area contributed by atoms with E-state index in [1.54, 1.807) is 0 Å². The normalized spacial score (nSPS) is 23.5. The molecule has 0 radical (unpaired) electrons. The molecule has 1 aliphatic carbocycles. The van der Waals surface area contributed by atoms with Gasteiger partial charge in [0.05, 0.1) is 11.0 Å². The van der Waals surface area contributed by atoms with Gasteiger partial charge in [-0.15, -0.1) is 12.8 Å². The van der Waals surface area contributed by atoms with E-state index in [1.165, 1.54) is 51.9 Å². The van der Waals surface area contributed by atoms with Gasteiger partial charge in [0.1, 0.15) is 0 Å². The third-order valence-electron chi connectivity index (χ3n) is 8.92. The zero-order valence-electron chi connectivity index (χ0n) is 25.4. The number of nitrogens with one attached hydrogen (secondary N) is 1. The fourth-order valence-electron chi connectivity index (χ4n) is 7.05. The van der Waals surface area contributed by atoms with Crippen molar-refractivity contribution in [3.63, 3.8) is 0 Å². The summed E-state index contributed by atoms with van der Waals surface area (Å²) in [5.41, 5.74) is 2.10. The summed E-state index contributed by atoms with van der Waals surface area (Å²) in [4.78, 5) is 33.0. The number of nitrogens with zero attached hydrogens (tertiary/aromatic N) is 4. The minimum Gasteiger partial charge on any atom is -0.351 e. The van der Waals surface area contributed by atoms with Gasteiger partial charge in [-0.05, 0) is 61.3 Å². The second-order valence-electron chi connectivity index (χ2n) is 11.4. The number of halogens is 1. The molecule has 1 saturated carbocycles. The van der Waals surface area contributed by atoms with Crippen molar-refractivity contribution in [3.05, 3.63) is 34.6 Å².